The Hall–Kier alpha value is -1.22. The van der Waals surface area contributed by atoms with Crippen molar-refractivity contribution in [3.8, 4) is 5.75 Å². The van der Waals surface area contributed by atoms with E-state index in [0.29, 0.717) is 0 Å². The minimum absolute atomic E-state index is 0.141. The van der Waals surface area contributed by atoms with E-state index in [9.17, 15) is 0 Å². The average molecular weight is 234 g/mol. The molecular formula is C14H22N2O. The molecule has 0 aromatic heterocycles. The molecule has 2 rings (SSSR count). The highest BCUT2D eigenvalue weighted by Crippen LogP contribution is 2.29. The van der Waals surface area contributed by atoms with Gasteiger partial charge in [0.2, 0.25) is 0 Å². The first-order valence-corrected chi connectivity index (χ1v) is 6.22. The lowest BCUT2D eigenvalue weighted by atomic mass is 10.1. The first kappa shape index (κ1) is 12.2. The van der Waals surface area contributed by atoms with Crippen molar-refractivity contribution < 1.29 is 4.74 Å². The monoisotopic (exact) mass is 234 g/mol. The average Bonchev–Trinajstić information content (AvgIpc) is 2.45. The third kappa shape index (κ3) is 2.55. The lowest BCUT2D eigenvalue weighted by Gasteiger charge is -2.31. The molecule has 0 fully saturated rings. The zero-order chi connectivity index (χ0) is 12.5. The summed E-state index contributed by atoms with van der Waals surface area (Å²) in [6, 6.07) is 6.33. The number of fused-ring (bicyclic) bond motifs is 1. The fourth-order valence-corrected chi connectivity index (χ4v) is 2.35. The van der Waals surface area contributed by atoms with Crippen molar-refractivity contribution in [1.29, 1.82) is 0 Å². The number of anilines is 1. The third-order valence-electron chi connectivity index (χ3n) is 3.36. The number of ether oxygens (including phenoxy) is 1. The molecule has 0 amide bonds. The molecule has 3 nitrogen and oxygen atoms in total. The van der Waals surface area contributed by atoms with Crippen molar-refractivity contribution in [3.63, 3.8) is 0 Å². The maximum absolute atomic E-state index is 5.32. The highest BCUT2D eigenvalue weighted by Gasteiger charge is 2.26. The van der Waals surface area contributed by atoms with Crippen LogP contribution in [0.3, 0.4) is 0 Å². The molecule has 17 heavy (non-hydrogen) atoms. The second-order valence-electron chi connectivity index (χ2n) is 5.25. The van der Waals surface area contributed by atoms with Gasteiger partial charge in [-0.3, -0.25) is 0 Å². The largest absolute Gasteiger partial charge is 0.497 e. The van der Waals surface area contributed by atoms with Crippen molar-refractivity contribution >= 4 is 5.69 Å². The molecule has 1 N–H and O–H groups in total. The Balaban J connectivity index is 2.40. The van der Waals surface area contributed by atoms with Crippen LogP contribution in [-0.2, 0) is 6.54 Å². The summed E-state index contributed by atoms with van der Waals surface area (Å²) in [5, 5.41) is 3.60. The van der Waals surface area contributed by atoms with Crippen LogP contribution in [0.2, 0.25) is 0 Å². The Kier molecular flexibility index (Phi) is 3.29. The van der Waals surface area contributed by atoms with Gasteiger partial charge in [-0.1, -0.05) is 6.07 Å². The number of methoxy groups -OCH3 is 1. The van der Waals surface area contributed by atoms with E-state index in [0.717, 1.165) is 25.4 Å². The Labute approximate surface area is 104 Å². The molecule has 0 saturated heterocycles. The number of hydrogen-bond acceptors (Lipinski definition) is 3. The zero-order valence-corrected chi connectivity index (χ0v) is 11.2. The molecule has 94 valence electrons. The van der Waals surface area contributed by atoms with Gasteiger partial charge >= 0.3 is 0 Å². The van der Waals surface area contributed by atoms with Crippen molar-refractivity contribution in [3.05, 3.63) is 23.8 Å². The molecule has 1 aromatic carbocycles. The number of nitrogens with zero attached hydrogens (tertiary/aromatic N) is 1. The Bertz CT molecular complexity index is 401. The van der Waals surface area contributed by atoms with E-state index >= 15 is 0 Å². The molecule has 1 aromatic rings. The van der Waals surface area contributed by atoms with Gasteiger partial charge in [-0.15, -0.1) is 0 Å². The van der Waals surface area contributed by atoms with Crippen LogP contribution in [0, 0.1) is 0 Å². The van der Waals surface area contributed by atoms with Crippen LogP contribution < -0.4 is 15.0 Å². The summed E-state index contributed by atoms with van der Waals surface area (Å²) >= 11 is 0. The van der Waals surface area contributed by atoms with Crippen LogP contribution in [0.25, 0.3) is 0 Å². The van der Waals surface area contributed by atoms with E-state index in [2.05, 4.69) is 43.1 Å². The van der Waals surface area contributed by atoms with Crippen LogP contribution in [0.1, 0.15) is 26.3 Å². The quantitative estimate of drug-likeness (QED) is 0.850. The molecule has 0 bridgehead atoms. The Morgan fingerprint density at radius 2 is 2.18 bits per heavy atom. The van der Waals surface area contributed by atoms with Gasteiger partial charge in [-0.2, -0.15) is 0 Å². The van der Waals surface area contributed by atoms with Gasteiger partial charge in [0.05, 0.1) is 7.11 Å². The van der Waals surface area contributed by atoms with Crippen LogP contribution >= 0.6 is 0 Å². The van der Waals surface area contributed by atoms with Crippen molar-refractivity contribution in [2.45, 2.75) is 32.9 Å². The highest BCUT2D eigenvalue weighted by molar-refractivity contribution is 5.58. The summed E-state index contributed by atoms with van der Waals surface area (Å²) in [5.41, 5.74) is 2.78. The van der Waals surface area contributed by atoms with Gasteiger partial charge in [-0.25, -0.2) is 0 Å². The second kappa shape index (κ2) is 4.57. The molecule has 0 unspecified atom stereocenters. The smallest absolute Gasteiger partial charge is 0.120 e. The fraction of sp³-hybridized carbons (Fsp3) is 0.571. The number of hydrogen-bond donors (Lipinski definition) is 1. The highest BCUT2D eigenvalue weighted by atomic mass is 16.5. The zero-order valence-electron chi connectivity index (χ0n) is 11.2. The van der Waals surface area contributed by atoms with E-state index in [-0.39, 0.29) is 5.54 Å². The number of nitrogens with one attached hydrogen (secondary N) is 1. The molecule has 1 aliphatic heterocycles. The molecule has 0 radical (unpaired) electrons. The Morgan fingerprint density at radius 1 is 1.41 bits per heavy atom. The molecule has 0 spiro atoms. The molecule has 1 aliphatic rings. The number of likely N-dealkylation sites (N-methyl/N-ethyl adjacent to an activating group) is 1. The standard InChI is InChI=1S/C14H22N2O/c1-5-16-10-14(2,3)15-9-11-6-7-12(17-4)8-13(11)16/h6-8,15H,5,9-10H2,1-4H3. The first-order chi connectivity index (χ1) is 8.05. The van der Waals surface area contributed by atoms with E-state index in [4.69, 9.17) is 4.74 Å². The maximum Gasteiger partial charge on any atom is 0.120 e. The van der Waals surface area contributed by atoms with Crippen LogP contribution in [0.5, 0.6) is 5.75 Å². The van der Waals surface area contributed by atoms with Gasteiger partial charge in [0.25, 0.3) is 0 Å². The number of benzene rings is 1. The summed E-state index contributed by atoms with van der Waals surface area (Å²) in [5.74, 6) is 0.932. The fourth-order valence-electron chi connectivity index (χ4n) is 2.35. The van der Waals surface area contributed by atoms with E-state index in [1.165, 1.54) is 11.3 Å². The minimum atomic E-state index is 0.141. The summed E-state index contributed by atoms with van der Waals surface area (Å²) in [6.07, 6.45) is 0. The Morgan fingerprint density at radius 3 is 2.82 bits per heavy atom. The molecule has 3 heteroatoms. The molecular weight excluding hydrogens is 212 g/mol. The summed E-state index contributed by atoms with van der Waals surface area (Å²) in [7, 11) is 1.72. The number of rotatable bonds is 2. The normalized spacial score (nSPS) is 18.5. The van der Waals surface area contributed by atoms with Crippen molar-refractivity contribution in [2.24, 2.45) is 0 Å². The first-order valence-electron chi connectivity index (χ1n) is 6.22. The van der Waals surface area contributed by atoms with Crippen LogP contribution in [-0.4, -0.2) is 25.7 Å². The van der Waals surface area contributed by atoms with Crippen LogP contribution in [0.15, 0.2) is 18.2 Å². The van der Waals surface area contributed by atoms with Gasteiger partial charge in [0.1, 0.15) is 5.75 Å². The van der Waals surface area contributed by atoms with Gasteiger partial charge in [-0.05, 0) is 32.4 Å². The lowest BCUT2D eigenvalue weighted by molar-refractivity contribution is 0.397. The van der Waals surface area contributed by atoms with Gasteiger partial charge in [0, 0.05) is 36.9 Å². The topological polar surface area (TPSA) is 24.5 Å². The van der Waals surface area contributed by atoms with E-state index in [1.54, 1.807) is 7.11 Å². The second-order valence-corrected chi connectivity index (χ2v) is 5.25. The van der Waals surface area contributed by atoms with E-state index in [1.807, 2.05) is 6.07 Å². The molecule has 0 atom stereocenters. The molecule has 1 heterocycles. The summed E-state index contributed by atoms with van der Waals surface area (Å²) in [6.45, 7) is 9.65. The van der Waals surface area contributed by atoms with Gasteiger partial charge in [0.15, 0.2) is 0 Å². The predicted molar refractivity (Wildman–Crippen MR) is 71.8 cm³/mol. The molecule has 0 aliphatic carbocycles. The molecule has 0 saturated carbocycles. The maximum atomic E-state index is 5.32. The minimum Gasteiger partial charge on any atom is -0.497 e. The SMILES string of the molecule is CCN1CC(C)(C)NCc2ccc(OC)cc21. The summed E-state index contributed by atoms with van der Waals surface area (Å²) < 4.78 is 5.32. The van der Waals surface area contributed by atoms with Crippen LogP contribution in [0.4, 0.5) is 5.69 Å². The third-order valence-corrected chi connectivity index (χ3v) is 3.36. The summed E-state index contributed by atoms with van der Waals surface area (Å²) in [4.78, 5) is 2.41. The van der Waals surface area contributed by atoms with Gasteiger partial charge < -0.3 is 15.0 Å². The lowest BCUT2D eigenvalue weighted by Crippen LogP contribution is -2.46. The van der Waals surface area contributed by atoms with E-state index < -0.39 is 0 Å². The predicted octanol–water partition coefficient (Wildman–Crippen LogP) is 2.40. The van der Waals surface area contributed by atoms with Crippen molar-refractivity contribution in [1.82, 2.24) is 5.32 Å². The van der Waals surface area contributed by atoms with Crippen molar-refractivity contribution in [2.75, 3.05) is 25.1 Å².